The molecule has 5 heteroatoms. The smallest absolute Gasteiger partial charge is 0.129 e. The maximum absolute atomic E-state index is 5.91. The van der Waals surface area contributed by atoms with Gasteiger partial charge >= 0.3 is 0 Å². The van der Waals surface area contributed by atoms with Crippen molar-refractivity contribution in [1.82, 2.24) is 9.78 Å². The van der Waals surface area contributed by atoms with E-state index in [2.05, 4.69) is 37.0 Å². The lowest BCUT2D eigenvalue weighted by atomic mass is 10.2. The van der Waals surface area contributed by atoms with Gasteiger partial charge in [-0.15, -0.1) is 0 Å². The van der Waals surface area contributed by atoms with Gasteiger partial charge in [-0.2, -0.15) is 5.10 Å². The van der Waals surface area contributed by atoms with Gasteiger partial charge in [0.05, 0.1) is 6.54 Å². The molecule has 0 N–H and O–H groups in total. The molecule has 0 saturated carbocycles. The molecule has 1 aromatic heterocycles. The normalized spacial score (nSPS) is 10.6. The van der Waals surface area contributed by atoms with Crippen LogP contribution in [0.15, 0.2) is 39.5 Å². The molecule has 1 aromatic carbocycles. The third-order valence-corrected chi connectivity index (χ3v) is 3.18. The largest absolute Gasteiger partial charge is 0.253 e. The van der Waals surface area contributed by atoms with Crippen molar-refractivity contribution in [3.05, 3.63) is 50.1 Å². The zero-order valence-electron chi connectivity index (χ0n) is 7.62. The SMILES string of the molecule is Clc1cccc(Cn2nc(Br)cc2Br)c1. The van der Waals surface area contributed by atoms with E-state index in [9.17, 15) is 0 Å². The van der Waals surface area contributed by atoms with Crippen molar-refractivity contribution in [2.45, 2.75) is 6.54 Å². The van der Waals surface area contributed by atoms with Crippen molar-refractivity contribution < 1.29 is 0 Å². The first-order chi connectivity index (χ1) is 7.15. The lowest BCUT2D eigenvalue weighted by molar-refractivity contribution is 0.667. The van der Waals surface area contributed by atoms with Crippen molar-refractivity contribution in [3.8, 4) is 0 Å². The second-order valence-corrected chi connectivity index (χ2v) is 5.14. The summed E-state index contributed by atoms with van der Waals surface area (Å²) in [5.74, 6) is 0. The summed E-state index contributed by atoms with van der Waals surface area (Å²) in [6.45, 7) is 0.701. The Morgan fingerprint density at radius 2 is 2.07 bits per heavy atom. The summed E-state index contributed by atoms with van der Waals surface area (Å²) in [6.07, 6.45) is 0. The van der Waals surface area contributed by atoms with Crippen molar-refractivity contribution >= 4 is 43.5 Å². The highest BCUT2D eigenvalue weighted by atomic mass is 79.9. The molecule has 0 aliphatic rings. The molecule has 0 unspecified atom stereocenters. The van der Waals surface area contributed by atoms with Gasteiger partial charge in [-0.05, 0) is 49.6 Å². The van der Waals surface area contributed by atoms with Gasteiger partial charge in [0.15, 0.2) is 0 Å². The molecular weight excluding hydrogens is 343 g/mol. The third-order valence-electron chi connectivity index (χ3n) is 1.92. The van der Waals surface area contributed by atoms with Gasteiger partial charge in [-0.1, -0.05) is 23.7 Å². The van der Waals surface area contributed by atoms with Crippen molar-refractivity contribution in [1.29, 1.82) is 0 Å². The standard InChI is InChI=1S/C10H7Br2ClN2/c11-9-5-10(12)15(14-9)6-7-2-1-3-8(13)4-7/h1-5H,6H2. The molecule has 0 spiro atoms. The Morgan fingerprint density at radius 1 is 1.27 bits per heavy atom. The Kier molecular flexibility index (Phi) is 3.49. The van der Waals surface area contributed by atoms with Crippen LogP contribution in [0.2, 0.25) is 5.02 Å². The summed E-state index contributed by atoms with van der Waals surface area (Å²) in [6, 6.07) is 9.66. The van der Waals surface area contributed by atoms with Crippen LogP contribution < -0.4 is 0 Å². The van der Waals surface area contributed by atoms with Crippen LogP contribution in [0.3, 0.4) is 0 Å². The first kappa shape index (κ1) is 11.2. The topological polar surface area (TPSA) is 17.8 Å². The number of nitrogens with zero attached hydrogens (tertiary/aromatic N) is 2. The quantitative estimate of drug-likeness (QED) is 0.797. The van der Waals surface area contributed by atoms with Gasteiger partial charge in [-0.3, -0.25) is 4.68 Å². The van der Waals surface area contributed by atoms with Gasteiger partial charge in [0.2, 0.25) is 0 Å². The van der Waals surface area contributed by atoms with Crippen LogP contribution in [0.25, 0.3) is 0 Å². The zero-order valence-corrected chi connectivity index (χ0v) is 11.6. The van der Waals surface area contributed by atoms with E-state index in [0.717, 1.165) is 19.8 Å². The van der Waals surface area contributed by atoms with E-state index >= 15 is 0 Å². The predicted octanol–water partition coefficient (Wildman–Crippen LogP) is 4.11. The van der Waals surface area contributed by atoms with E-state index in [-0.39, 0.29) is 0 Å². The second-order valence-electron chi connectivity index (χ2n) is 3.08. The molecule has 0 saturated heterocycles. The molecule has 78 valence electrons. The summed E-state index contributed by atoms with van der Waals surface area (Å²) in [4.78, 5) is 0. The Hall–Kier alpha value is -0.320. The molecule has 15 heavy (non-hydrogen) atoms. The van der Waals surface area contributed by atoms with E-state index in [1.165, 1.54) is 0 Å². The summed E-state index contributed by atoms with van der Waals surface area (Å²) in [5.41, 5.74) is 1.12. The third kappa shape index (κ3) is 2.83. The first-order valence-corrected chi connectivity index (χ1v) is 6.25. The number of aromatic nitrogens is 2. The Balaban J connectivity index is 2.25. The van der Waals surface area contributed by atoms with Crippen LogP contribution in [-0.2, 0) is 6.54 Å². The van der Waals surface area contributed by atoms with Crippen LogP contribution in [0.1, 0.15) is 5.56 Å². The fourth-order valence-electron chi connectivity index (χ4n) is 1.28. The molecular formula is C10H7Br2ClN2. The molecule has 0 aliphatic carbocycles. The lowest BCUT2D eigenvalue weighted by Gasteiger charge is -2.03. The number of hydrogen-bond donors (Lipinski definition) is 0. The van der Waals surface area contributed by atoms with E-state index in [0.29, 0.717) is 6.54 Å². The minimum Gasteiger partial charge on any atom is -0.253 e. The monoisotopic (exact) mass is 348 g/mol. The number of rotatable bonds is 2. The van der Waals surface area contributed by atoms with Crippen LogP contribution in [0.5, 0.6) is 0 Å². The van der Waals surface area contributed by atoms with Gasteiger partial charge in [0.1, 0.15) is 9.21 Å². The maximum Gasteiger partial charge on any atom is 0.129 e. The molecule has 0 radical (unpaired) electrons. The van der Waals surface area contributed by atoms with E-state index in [4.69, 9.17) is 11.6 Å². The van der Waals surface area contributed by atoms with Gasteiger partial charge in [-0.25, -0.2) is 0 Å². The van der Waals surface area contributed by atoms with E-state index in [1.807, 2.05) is 35.0 Å². The summed E-state index contributed by atoms with van der Waals surface area (Å²) in [5, 5.41) is 5.02. The number of benzene rings is 1. The summed E-state index contributed by atoms with van der Waals surface area (Å²) >= 11 is 12.7. The molecule has 2 rings (SSSR count). The molecule has 0 atom stereocenters. The van der Waals surface area contributed by atoms with E-state index < -0.39 is 0 Å². The minimum atomic E-state index is 0.701. The van der Waals surface area contributed by atoms with E-state index in [1.54, 1.807) is 0 Å². The average molecular weight is 350 g/mol. The minimum absolute atomic E-state index is 0.701. The molecule has 0 fully saturated rings. The molecule has 0 bridgehead atoms. The first-order valence-electron chi connectivity index (χ1n) is 4.28. The fraction of sp³-hybridized carbons (Fsp3) is 0.100. The molecule has 1 heterocycles. The lowest BCUT2D eigenvalue weighted by Crippen LogP contribution is -2.01. The average Bonchev–Trinajstić information content (AvgIpc) is 2.45. The molecule has 2 nitrogen and oxygen atoms in total. The Labute approximate surface area is 109 Å². The van der Waals surface area contributed by atoms with Crippen molar-refractivity contribution in [3.63, 3.8) is 0 Å². The van der Waals surface area contributed by atoms with Crippen molar-refractivity contribution in [2.24, 2.45) is 0 Å². The Bertz CT molecular complexity index is 482. The summed E-state index contributed by atoms with van der Waals surface area (Å²) in [7, 11) is 0. The molecule has 0 aliphatic heterocycles. The molecule has 0 amide bonds. The van der Waals surface area contributed by atoms with Crippen LogP contribution in [0, 0.1) is 0 Å². The highest BCUT2D eigenvalue weighted by Crippen LogP contribution is 2.18. The highest BCUT2D eigenvalue weighted by Gasteiger charge is 2.03. The fourth-order valence-corrected chi connectivity index (χ4v) is 2.63. The zero-order chi connectivity index (χ0) is 10.8. The van der Waals surface area contributed by atoms with Crippen molar-refractivity contribution in [2.75, 3.05) is 0 Å². The van der Waals surface area contributed by atoms with Gasteiger partial charge < -0.3 is 0 Å². The number of halogens is 3. The predicted molar refractivity (Wildman–Crippen MR) is 68.2 cm³/mol. The van der Waals surface area contributed by atoms with Crippen LogP contribution in [-0.4, -0.2) is 9.78 Å². The van der Waals surface area contributed by atoms with Gasteiger partial charge in [0.25, 0.3) is 0 Å². The van der Waals surface area contributed by atoms with Gasteiger partial charge in [0, 0.05) is 11.1 Å². The maximum atomic E-state index is 5.91. The molecule has 2 aromatic rings. The van der Waals surface area contributed by atoms with Crippen LogP contribution in [0.4, 0.5) is 0 Å². The second kappa shape index (κ2) is 4.68. The van der Waals surface area contributed by atoms with Crippen LogP contribution >= 0.6 is 43.5 Å². The number of hydrogen-bond acceptors (Lipinski definition) is 1. The highest BCUT2D eigenvalue weighted by molar-refractivity contribution is 9.11. The summed E-state index contributed by atoms with van der Waals surface area (Å²) < 4.78 is 3.61. The Morgan fingerprint density at radius 3 is 2.67 bits per heavy atom.